The van der Waals surface area contributed by atoms with Gasteiger partial charge in [0.2, 0.25) is 0 Å². The molecule has 0 spiro atoms. The molecule has 0 unspecified atom stereocenters. The summed E-state index contributed by atoms with van der Waals surface area (Å²) in [4.78, 5) is 11.4. The van der Waals surface area contributed by atoms with Crippen LogP contribution in [-0.2, 0) is 24.1 Å². The number of carboxylic acids is 1. The van der Waals surface area contributed by atoms with Crippen LogP contribution in [0.25, 0.3) is 10.8 Å². The van der Waals surface area contributed by atoms with Crippen molar-refractivity contribution in [3.8, 4) is 0 Å². The highest BCUT2D eigenvalue weighted by Crippen LogP contribution is 2.37. The molecule has 35 heavy (non-hydrogen) atoms. The average molecular weight is 536 g/mol. The summed E-state index contributed by atoms with van der Waals surface area (Å²) in [5.74, 6) is -1.31. The highest BCUT2D eigenvalue weighted by Gasteiger charge is 2.51. The maximum absolute atomic E-state index is 13.4. The molecular weight excluding hydrogens is 512 g/mol. The number of carboxylic acid groups (broad SMARTS) is 1. The van der Waals surface area contributed by atoms with Crippen molar-refractivity contribution in [1.82, 2.24) is 0 Å². The first-order valence-corrected chi connectivity index (χ1v) is 13.0. The number of hydrogen-bond donors (Lipinski definition) is 1. The highest BCUT2D eigenvalue weighted by atomic mass is 35.5. The maximum Gasteiger partial charge on any atom is 0.494 e. The molecule has 1 heterocycles. The molecule has 0 saturated carbocycles. The summed E-state index contributed by atoms with van der Waals surface area (Å²) in [5, 5.41) is 11.2. The quantitative estimate of drug-likeness (QED) is 0.459. The normalized spacial score (nSPS) is 17.0. The summed E-state index contributed by atoms with van der Waals surface area (Å²) in [6.45, 7) is 7.13. The molecule has 0 aliphatic carbocycles. The number of rotatable bonds is 6. The molecule has 0 aromatic heterocycles. The first-order valence-electron chi connectivity index (χ1n) is 10.8. The van der Waals surface area contributed by atoms with Crippen LogP contribution in [0.5, 0.6) is 0 Å². The smallest absolute Gasteiger partial charge is 0.480 e. The predicted molar refractivity (Wildman–Crippen MR) is 138 cm³/mol. The Morgan fingerprint density at radius 2 is 1.46 bits per heavy atom. The zero-order valence-corrected chi connectivity index (χ0v) is 21.9. The van der Waals surface area contributed by atoms with Gasteiger partial charge < -0.3 is 14.4 Å². The van der Waals surface area contributed by atoms with Crippen LogP contribution < -0.4 is 9.77 Å². The summed E-state index contributed by atoms with van der Waals surface area (Å²) in [6, 6.07) is 14.4. The molecule has 0 bridgehead atoms. The standard InChI is InChI=1S/C24H24BCl2NO6S/c1-23(2)24(3,4)34-25(33-23)17-7-5-16-10-20(8-6-15(16)9-17)28(14-22(29)30)35(31,32)21-12-18(26)11-19(27)13-21/h5-13H,14H2,1-4H3,(H,29,30). The van der Waals surface area contributed by atoms with Crippen molar-refractivity contribution in [1.29, 1.82) is 0 Å². The third-order valence-electron chi connectivity index (χ3n) is 6.36. The summed E-state index contributed by atoms with van der Waals surface area (Å²) in [6.07, 6.45) is 0. The minimum Gasteiger partial charge on any atom is -0.480 e. The number of halogens is 2. The Morgan fingerprint density at radius 1 is 0.914 bits per heavy atom. The van der Waals surface area contributed by atoms with Gasteiger partial charge in [0.1, 0.15) is 6.54 Å². The monoisotopic (exact) mass is 535 g/mol. The van der Waals surface area contributed by atoms with E-state index in [9.17, 15) is 18.3 Å². The third kappa shape index (κ3) is 5.01. The Morgan fingerprint density at radius 3 is 2.03 bits per heavy atom. The third-order valence-corrected chi connectivity index (χ3v) is 8.55. The first-order chi connectivity index (χ1) is 16.2. The molecular formula is C24H24BCl2NO6S. The second-order valence-electron chi connectivity index (χ2n) is 9.39. The lowest BCUT2D eigenvalue weighted by Gasteiger charge is -2.32. The van der Waals surface area contributed by atoms with Crippen LogP contribution in [0.15, 0.2) is 59.5 Å². The van der Waals surface area contributed by atoms with E-state index in [1.165, 1.54) is 18.2 Å². The van der Waals surface area contributed by atoms with Crippen molar-refractivity contribution < 1.29 is 27.6 Å². The van der Waals surface area contributed by atoms with Crippen LogP contribution in [0.2, 0.25) is 10.0 Å². The summed E-state index contributed by atoms with van der Waals surface area (Å²) in [5.41, 5.74) is 0.0587. The van der Waals surface area contributed by atoms with Gasteiger partial charge in [-0.2, -0.15) is 0 Å². The number of aliphatic carboxylic acids is 1. The molecule has 0 amide bonds. The number of carbonyl (C=O) groups is 1. The van der Waals surface area contributed by atoms with Crippen molar-refractivity contribution in [2.24, 2.45) is 0 Å². The fraction of sp³-hybridized carbons (Fsp3) is 0.292. The Bertz CT molecular complexity index is 1390. The highest BCUT2D eigenvalue weighted by molar-refractivity contribution is 7.92. The van der Waals surface area contributed by atoms with Gasteiger partial charge in [0, 0.05) is 10.0 Å². The van der Waals surface area contributed by atoms with Crippen LogP contribution in [0, 0.1) is 0 Å². The van der Waals surface area contributed by atoms with Gasteiger partial charge in [0.15, 0.2) is 0 Å². The lowest BCUT2D eigenvalue weighted by Crippen LogP contribution is -2.41. The van der Waals surface area contributed by atoms with E-state index in [1.54, 1.807) is 18.2 Å². The predicted octanol–water partition coefficient (Wildman–Crippen LogP) is 4.73. The van der Waals surface area contributed by atoms with Gasteiger partial charge in [-0.3, -0.25) is 9.10 Å². The molecule has 1 aliphatic rings. The Balaban J connectivity index is 1.73. The lowest BCUT2D eigenvalue weighted by atomic mass is 9.78. The molecule has 0 atom stereocenters. The number of hydrogen-bond acceptors (Lipinski definition) is 5. The van der Waals surface area contributed by atoms with E-state index in [1.807, 2.05) is 45.9 Å². The van der Waals surface area contributed by atoms with Gasteiger partial charge in [-0.05, 0) is 74.3 Å². The van der Waals surface area contributed by atoms with Gasteiger partial charge in [0.25, 0.3) is 10.0 Å². The van der Waals surface area contributed by atoms with Gasteiger partial charge in [-0.1, -0.05) is 47.5 Å². The molecule has 11 heteroatoms. The zero-order chi connectivity index (χ0) is 25.8. The van der Waals surface area contributed by atoms with Crippen molar-refractivity contribution in [2.75, 3.05) is 10.8 Å². The van der Waals surface area contributed by atoms with Gasteiger partial charge in [0.05, 0.1) is 21.8 Å². The largest absolute Gasteiger partial charge is 0.494 e. The van der Waals surface area contributed by atoms with E-state index in [4.69, 9.17) is 32.5 Å². The van der Waals surface area contributed by atoms with Crippen LogP contribution in [0.4, 0.5) is 5.69 Å². The SMILES string of the molecule is CC1(C)OB(c2ccc3cc(N(CC(=O)O)S(=O)(=O)c4cc(Cl)cc(Cl)c4)ccc3c2)OC1(C)C. The zero-order valence-electron chi connectivity index (χ0n) is 19.6. The molecule has 1 N–H and O–H groups in total. The van der Waals surface area contributed by atoms with E-state index >= 15 is 0 Å². The van der Waals surface area contributed by atoms with E-state index in [-0.39, 0.29) is 20.6 Å². The van der Waals surface area contributed by atoms with Gasteiger partial charge >= 0.3 is 13.1 Å². The molecule has 3 aromatic rings. The molecule has 1 saturated heterocycles. The maximum atomic E-state index is 13.4. The molecule has 1 fully saturated rings. The Hall–Kier alpha value is -2.30. The molecule has 7 nitrogen and oxygen atoms in total. The second kappa shape index (κ2) is 8.98. The number of benzene rings is 3. The van der Waals surface area contributed by atoms with Crippen LogP contribution >= 0.6 is 23.2 Å². The summed E-state index contributed by atoms with van der Waals surface area (Å²) < 4.78 is 39.8. The van der Waals surface area contributed by atoms with Crippen LogP contribution in [0.1, 0.15) is 27.7 Å². The van der Waals surface area contributed by atoms with E-state index in [0.717, 1.165) is 20.5 Å². The number of anilines is 1. The lowest BCUT2D eigenvalue weighted by molar-refractivity contribution is -0.135. The Labute approximate surface area is 214 Å². The minimum absolute atomic E-state index is 0.125. The molecule has 3 aromatic carbocycles. The summed E-state index contributed by atoms with van der Waals surface area (Å²) in [7, 11) is -4.81. The van der Waals surface area contributed by atoms with E-state index in [2.05, 4.69) is 0 Å². The van der Waals surface area contributed by atoms with Crippen molar-refractivity contribution in [3.63, 3.8) is 0 Å². The fourth-order valence-corrected chi connectivity index (χ4v) is 5.91. The number of fused-ring (bicyclic) bond motifs is 1. The van der Waals surface area contributed by atoms with E-state index in [0.29, 0.717) is 0 Å². The van der Waals surface area contributed by atoms with Crippen LogP contribution in [0.3, 0.4) is 0 Å². The van der Waals surface area contributed by atoms with Gasteiger partial charge in [-0.15, -0.1) is 0 Å². The van der Waals surface area contributed by atoms with E-state index < -0.39 is 40.9 Å². The first kappa shape index (κ1) is 25.8. The summed E-state index contributed by atoms with van der Waals surface area (Å²) >= 11 is 12.0. The van der Waals surface area contributed by atoms with Gasteiger partial charge in [-0.25, -0.2) is 8.42 Å². The molecule has 0 radical (unpaired) electrons. The van der Waals surface area contributed by atoms with Crippen molar-refractivity contribution in [2.45, 2.75) is 43.8 Å². The van der Waals surface area contributed by atoms with Crippen molar-refractivity contribution >= 4 is 68.2 Å². The topological polar surface area (TPSA) is 93.1 Å². The Kier molecular flexibility index (Phi) is 6.61. The molecule has 1 aliphatic heterocycles. The second-order valence-corrected chi connectivity index (χ2v) is 12.1. The minimum atomic E-state index is -4.27. The molecule has 4 rings (SSSR count). The average Bonchev–Trinajstić information content (AvgIpc) is 2.97. The van der Waals surface area contributed by atoms with Crippen LogP contribution in [-0.4, -0.2) is 44.4 Å². The number of nitrogens with zero attached hydrogens (tertiary/aromatic N) is 1. The molecule has 184 valence electrons. The van der Waals surface area contributed by atoms with Crippen molar-refractivity contribution in [3.05, 3.63) is 64.6 Å². The fourth-order valence-electron chi connectivity index (χ4n) is 3.78. The number of sulfonamides is 1.